The van der Waals surface area contributed by atoms with E-state index in [1.54, 1.807) is 0 Å². The summed E-state index contributed by atoms with van der Waals surface area (Å²) in [6.07, 6.45) is 0. The van der Waals surface area contributed by atoms with Gasteiger partial charge in [-0.05, 0) is 84.6 Å². The van der Waals surface area contributed by atoms with Crippen LogP contribution in [-0.2, 0) is 5.41 Å². The Balaban J connectivity index is 1.40. The molecular weight excluding hydrogens is 559 g/mol. The van der Waals surface area contributed by atoms with Crippen molar-refractivity contribution in [3.05, 3.63) is 171 Å². The molecule has 2 aliphatic rings. The number of anilines is 3. The number of rotatable bonds is 1. The highest BCUT2D eigenvalue weighted by molar-refractivity contribution is 7.99. The summed E-state index contributed by atoms with van der Waals surface area (Å²) in [5.74, 6) is 0. The SMILES string of the molecule is Cc1ccc2c(c1)C1(c3ccccc3Sc3ccccc31)c1cc(C)ccc1N2c1ccc2c(=O)c3ccccc3oc2c1. The van der Waals surface area contributed by atoms with E-state index in [1.165, 1.54) is 43.2 Å². The van der Waals surface area contributed by atoms with Gasteiger partial charge < -0.3 is 9.32 Å². The van der Waals surface area contributed by atoms with Gasteiger partial charge in [0.05, 0.1) is 27.6 Å². The van der Waals surface area contributed by atoms with Crippen molar-refractivity contribution in [3.63, 3.8) is 0 Å². The molecule has 4 heteroatoms. The zero-order valence-electron chi connectivity index (χ0n) is 24.3. The van der Waals surface area contributed by atoms with Crippen LogP contribution >= 0.6 is 11.8 Å². The largest absolute Gasteiger partial charge is 0.456 e. The molecule has 7 aromatic rings. The molecule has 0 unspecified atom stereocenters. The highest BCUT2D eigenvalue weighted by Gasteiger charge is 2.50. The van der Waals surface area contributed by atoms with Crippen LogP contribution in [0.4, 0.5) is 17.1 Å². The Kier molecular flexibility index (Phi) is 5.33. The number of benzene rings is 6. The normalized spacial score (nSPS) is 14.3. The van der Waals surface area contributed by atoms with Gasteiger partial charge in [0.1, 0.15) is 11.2 Å². The number of hydrogen-bond donors (Lipinski definition) is 0. The van der Waals surface area contributed by atoms with Gasteiger partial charge in [0.15, 0.2) is 0 Å². The highest BCUT2D eigenvalue weighted by Crippen LogP contribution is 2.63. The van der Waals surface area contributed by atoms with Gasteiger partial charge in [0, 0.05) is 21.5 Å². The lowest BCUT2D eigenvalue weighted by Crippen LogP contribution is -2.39. The van der Waals surface area contributed by atoms with Gasteiger partial charge in [0.2, 0.25) is 5.43 Å². The summed E-state index contributed by atoms with van der Waals surface area (Å²) in [5.41, 5.74) is 11.4. The Bertz CT molecular complexity index is 2290. The van der Waals surface area contributed by atoms with Gasteiger partial charge in [-0.15, -0.1) is 0 Å². The van der Waals surface area contributed by atoms with Crippen LogP contribution in [0.1, 0.15) is 33.4 Å². The second-order valence-electron chi connectivity index (χ2n) is 11.8. The van der Waals surface area contributed by atoms with Crippen LogP contribution in [0.2, 0.25) is 0 Å². The molecule has 2 aliphatic heterocycles. The molecule has 0 N–H and O–H groups in total. The zero-order chi connectivity index (χ0) is 29.6. The van der Waals surface area contributed by atoms with Crippen molar-refractivity contribution in [3.8, 4) is 0 Å². The highest BCUT2D eigenvalue weighted by atomic mass is 32.2. The lowest BCUT2D eigenvalue weighted by Gasteiger charge is -2.49. The number of aryl methyl sites for hydroxylation is 2. The lowest BCUT2D eigenvalue weighted by atomic mass is 9.61. The Hall–Kier alpha value is -5.06. The van der Waals surface area contributed by atoms with Crippen LogP contribution in [0, 0.1) is 13.8 Å². The maximum absolute atomic E-state index is 13.4. The topological polar surface area (TPSA) is 33.5 Å². The van der Waals surface area contributed by atoms with Crippen molar-refractivity contribution in [1.29, 1.82) is 0 Å². The predicted molar refractivity (Wildman–Crippen MR) is 180 cm³/mol. The predicted octanol–water partition coefficient (Wildman–Crippen LogP) is 10.2. The van der Waals surface area contributed by atoms with E-state index in [4.69, 9.17) is 4.42 Å². The van der Waals surface area contributed by atoms with Crippen LogP contribution in [-0.4, -0.2) is 0 Å². The molecular formula is C40H27NO2S. The summed E-state index contributed by atoms with van der Waals surface area (Å²) in [7, 11) is 0. The summed E-state index contributed by atoms with van der Waals surface area (Å²) in [4.78, 5) is 18.3. The first kappa shape index (κ1) is 25.4. The summed E-state index contributed by atoms with van der Waals surface area (Å²) in [6, 6.07) is 44.8. The van der Waals surface area contributed by atoms with E-state index in [1.807, 2.05) is 48.2 Å². The molecule has 0 bridgehead atoms. The average Bonchev–Trinajstić information content (AvgIpc) is 3.05. The van der Waals surface area contributed by atoms with E-state index in [9.17, 15) is 4.79 Å². The second kappa shape index (κ2) is 9.22. The molecule has 3 heterocycles. The molecule has 0 saturated heterocycles. The summed E-state index contributed by atoms with van der Waals surface area (Å²) in [6.45, 7) is 4.35. The molecule has 0 radical (unpaired) electrons. The van der Waals surface area contributed by atoms with E-state index < -0.39 is 5.41 Å². The fraction of sp³-hybridized carbons (Fsp3) is 0.0750. The molecule has 0 atom stereocenters. The smallest absolute Gasteiger partial charge is 0.200 e. The fourth-order valence-corrected chi connectivity index (χ4v) is 8.54. The van der Waals surface area contributed by atoms with Crippen LogP contribution in [0.15, 0.2) is 146 Å². The Morgan fingerprint density at radius 2 is 1.14 bits per heavy atom. The summed E-state index contributed by atoms with van der Waals surface area (Å²) >= 11 is 1.85. The fourth-order valence-electron chi connectivity index (χ4n) is 7.35. The lowest BCUT2D eigenvalue weighted by molar-refractivity contribution is 0.659. The first-order valence-electron chi connectivity index (χ1n) is 14.9. The third kappa shape index (κ3) is 3.37. The maximum atomic E-state index is 13.4. The molecule has 0 fully saturated rings. The number of para-hydroxylation sites is 1. The van der Waals surface area contributed by atoms with Crippen LogP contribution < -0.4 is 10.3 Å². The van der Waals surface area contributed by atoms with Crippen molar-refractivity contribution in [1.82, 2.24) is 0 Å². The van der Waals surface area contributed by atoms with Gasteiger partial charge >= 0.3 is 0 Å². The number of nitrogens with zero attached hydrogens (tertiary/aromatic N) is 1. The molecule has 9 rings (SSSR count). The van der Waals surface area contributed by atoms with Crippen molar-refractivity contribution < 1.29 is 4.42 Å². The van der Waals surface area contributed by atoms with E-state index in [0.717, 1.165) is 17.1 Å². The van der Waals surface area contributed by atoms with Gasteiger partial charge in [-0.25, -0.2) is 0 Å². The van der Waals surface area contributed by atoms with Crippen LogP contribution in [0.5, 0.6) is 0 Å². The molecule has 1 aromatic heterocycles. The second-order valence-corrected chi connectivity index (χ2v) is 12.9. The van der Waals surface area contributed by atoms with Crippen LogP contribution in [0.25, 0.3) is 21.9 Å². The van der Waals surface area contributed by atoms with E-state index in [2.05, 4.69) is 110 Å². The minimum absolute atomic E-state index is 0.00836. The standard InChI is InChI=1S/C40H27NO2S/c1-24-15-19-33-31(21-24)40(29-10-4-7-13-37(29)44-38-14-8-5-11-30(38)40)32-22-25(2)16-20-34(32)41(33)26-17-18-28-36(23-26)43-35-12-6-3-9-27(35)39(28)42/h3-23H,1-2H3. The van der Waals surface area contributed by atoms with Crippen molar-refractivity contribution in [2.75, 3.05) is 4.90 Å². The Labute approximate surface area is 259 Å². The summed E-state index contributed by atoms with van der Waals surface area (Å²) in [5, 5.41) is 1.18. The molecule has 210 valence electrons. The third-order valence-electron chi connectivity index (χ3n) is 9.22. The summed E-state index contributed by atoms with van der Waals surface area (Å²) < 4.78 is 6.35. The molecule has 1 spiro atoms. The molecule has 44 heavy (non-hydrogen) atoms. The quantitative estimate of drug-likeness (QED) is 0.180. The number of fused-ring (bicyclic) bond motifs is 10. The average molecular weight is 586 g/mol. The maximum Gasteiger partial charge on any atom is 0.200 e. The molecule has 0 aliphatic carbocycles. The Morgan fingerprint density at radius 1 is 0.568 bits per heavy atom. The van der Waals surface area contributed by atoms with Crippen molar-refractivity contribution in [2.45, 2.75) is 29.1 Å². The molecule has 0 amide bonds. The van der Waals surface area contributed by atoms with Gasteiger partial charge in [-0.2, -0.15) is 0 Å². The zero-order valence-corrected chi connectivity index (χ0v) is 25.1. The molecule has 6 aromatic carbocycles. The first-order chi connectivity index (χ1) is 21.5. The van der Waals surface area contributed by atoms with Gasteiger partial charge in [-0.3, -0.25) is 4.79 Å². The van der Waals surface area contributed by atoms with Crippen molar-refractivity contribution in [2.24, 2.45) is 0 Å². The number of hydrogen-bond acceptors (Lipinski definition) is 4. The van der Waals surface area contributed by atoms with E-state index in [0.29, 0.717) is 21.9 Å². The van der Waals surface area contributed by atoms with E-state index in [-0.39, 0.29) is 5.43 Å². The van der Waals surface area contributed by atoms with E-state index >= 15 is 0 Å². The Morgan fingerprint density at radius 3 is 1.80 bits per heavy atom. The monoisotopic (exact) mass is 585 g/mol. The van der Waals surface area contributed by atoms with Crippen molar-refractivity contribution >= 4 is 50.8 Å². The van der Waals surface area contributed by atoms with Gasteiger partial charge in [-0.1, -0.05) is 95.7 Å². The minimum atomic E-state index is -0.503. The molecule has 0 saturated carbocycles. The third-order valence-corrected chi connectivity index (χ3v) is 10.4. The first-order valence-corrected chi connectivity index (χ1v) is 15.7. The van der Waals surface area contributed by atoms with Gasteiger partial charge in [0.25, 0.3) is 0 Å². The minimum Gasteiger partial charge on any atom is -0.456 e. The molecule has 3 nitrogen and oxygen atoms in total. The van der Waals surface area contributed by atoms with Crippen LogP contribution in [0.3, 0.4) is 0 Å².